The number of carbonyl (C=O) groups is 1. The third kappa shape index (κ3) is 3.29. The molecule has 2 aromatic carbocycles. The lowest BCUT2D eigenvalue weighted by molar-refractivity contribution is 0.102. The van der Waals surface area contributed by atoms with E-state index < -0.39 is 17.3 Å². The first kappa shape index (κ1) is 17.6. The largest absolute Gasteiger partial charge is 0.383 e. The number of rotatable bonds is 3. The number of anilines is 2. The average Bonchev–Trinajstić information content (AvgIpc) is 2.57. The third-order valence-electron chi connectivity index (χ3n) is 3.72. The molecule has 132 valence electrons. The van der Waals surface area contributed by atoms with Crippen LogP contribution in [-0.2, 0) is 0 Å². The first-order valence-corrected chi connectivity index (χ1v) is 7.96. The summed E-state index contributed by atoms with van der Waals surface area (Å²) in [5, 5.41) is 2.61. The summed E-state index contributed by atoms with van der Waals surface area (Å²) in [4.78, 5) is 29.3. The molecule has 0 spiro atoms. The molecule has 26 heavy (non-hydrogen) atoms. The van der Waals surface area contributed by atoms with Crippen LogP contribution in [0.15, 0.2) is 53.6 Å². The third-order valence-corrected chi connectivity index (χ3v) is 4.01. The van der Waals surface area contributed by atoms with Crippen LogP contribution in [0.3, 0.4) is 0 Å². The molecule has 0 fully saturated rings. The molecule has 3 aromatic rings. The summed E-state index contributed by atoms with van der Waals surface area (Å²) in [6.45, 7) is 1.59. The van der Waals surface area contributed by atoms with Crippen molar-refractivity contribution in [1.29, 1.82) is 0 Å². The first-order valence-electron chi connectivity index (χ1n) is 7.58. The van der Waals surface area contributed by atoms with Crippen LogP contribution in [0.2, 0.25) is 5.02 Å². The highest BCUT2D eigenvalue weighted by Gasteiger charge is 2.20. The lowest BCUT2D eigenvalue weighted by Gasteiger charge is -2.13. The summed E-state index contributed by atoms with van der Waals surface area (Å²) in [6, 6.07) is 10.9. The number of nitrogens with two attached hydrogens (primary N) is 1. The van der Waals surface area contributed by atoms with Crippen LogP contribution in [0.4, 0.5) is 15.9 Å². The number of nitrogen functional groups attached to an aromatic ring is 1. The van der Waals surface area contributed by atoms with Crippen LogP contribution in [0.1, 0.15) is 15.9 Å². The predicted octanol–water partition coefficient (Wildman–Crippen LogP) is 3.17. The molecular weight excluding hydrogens is 359 g/mol. The quantitative estimate of drug-likeness (QED) is 0.738. The maximum absolute atomic E-state index is 13.5. The Bertz CT molecular complexity index is 1030. The number of nitrogens with one attached hydrogen (secondary N) is 1. The van der Waals surface area contributed by atoms with Gasteiger partial charge in [0.25, 0.3) is 11.5 Å². The van der Waals surface area contributed by atoms with Crippen LogP contribution in [0.5, 0.6) is 0 Å². The lowest BCUT2D eigenvalue weighted by Crippen LogP contribution is -2.31. The van der Waals surface area contributed by atoms with E-state index in [1.807, 2.05) is 0 Å². The molecule has 0 radical (unpaired) electrons. The molecule has 3 N–H and O–H groups in total. The molecule has 0 aliphatic rings. The maximum atomic E-state index is 13.5. The summed E-state index contributed by atoms with van der Waals surface area (Å²) >= 11 is 6.08. The number of aromatic nitrogens is 2. The molecule has 0 unspecified atom stereocenters. The summed E-state index contributed by atoms with van der Waals surface area (Å²) in [7, 11) is 0. The Morgan fingerprint density at radius 1 is 1.27 bits per heavy atom. The summed E-state index contributed by atoms with van der Waals surface area (Å²) in [6.07, 6.45) is 1.16. The monoisotopic (exact) mass is 372 g/mol. The second kappa shape index (κ2) is 6.97. The van der Waals surface area contributed by atoms with E-state index in [-0.39, 0.29) is 22.1 Å². The maximum Gasteiger partial charge on any atom is 0.273 e. The minimum absolute atomic E-state index is 0.0191. The highest BCUT2D eigenvalue weighted by atomic mass is 35.5. The van der Waals surface area contributed by atoms with Crippen molar-refractivity contribution >= 4 is 29.0 Å². The summed E-state index contributed by atoms with van der Waals surface area (Å²) in [5.74, 6) is -1.44. The molecule has 0 aliphatic heterocycles. The van der Waals surface area contributed by atoms with Crippen molar-refractivity contribution in [2.45, 2.75) is 6.92 Å². The van der Waals surface area contributed by atoms with E-state index in [4.69, 9.17) is 17.3 Å². The lowest BCUT2D eigenvalue weighted by atomic mass is 10.2. The highest BCUT2D eigenvalue weighted by molar-refractivity contribution is 6.32. The fourth-order valence-corrected chi connectivity index (χ4v) is 2.90. The molecule has 1 aromatic heterocycles. The van der Waals surface area contributed by atoms with Gasteiger partial charge in [0, 0.05) is 5.69 Å². The van der Waals surface area contributed by atoms with Crippen molar-refractivity contribution in [2.75, 3.05) is 11.1 Å². The van der Waals surface area contributed by atoms with Crippen molar-refractivity contribution in [3.05, 3.63) is 81.1 Å². The van der Waals surface area contributed by atoms with E-state index in [1.54, 1.807) is 37.3 Å². The van der Waals surface area contributed by atoms with Gasteiger partial charge in [-0.15, -0.1) is 0 Å². The highest BCUT2D eigenvalue weighted by Crippen LogP contribution is 2.25. The molecule has 0 atom stereocenters. The Kier molecular flexibility index (Phi) is 4.73. The zero-order chi connectivity index (χ0) is 18.8. The molecule has 8 heteroatoms. The topological polar surface area (TPSA) is 90.0 Å². The van der Waals surface area contributed by atoms with E-state index in [2.05, 4.69) is 10.3 Å². The van der Waals surface area contributed by atoms with Crippen LogP contribution >= 0.6 is 11.6 Å². The minimum atomic E-state index is -0.706. The Labute approximate surface area is 153 Å². The van der Waals surface area contributed by atoms with Crippen LogP contribution < -0.4 is 16.6 Å². The van der Waals surface area contributed by atoms with E-state index in [1.165, 1.54) is 6.07 Å². The Morgan fingerprint density at radius 3 is 2.62 bits per heavy atom. The van der Waals surface area contributed by atoms with Crippen LogP contribution in [0.25, 0.3) is 5.69 Å². The van der Waals surface area contributed by atoms with Gasteiger partial charge in [0.05, 0.1) is 10.7 Å². The van der Waals surface area contributed by atoms with Gasteiger partial charge in [-0.25, -0.2) is 9.37 Å². The number of nitrogens with zero attached hydrogens (tertiary/aromatic N) is 2. The van der Waals surface area contributed by atoms with Gasteiger partial charge in [0.1, 0.15) is 23.5 Å². The van der Waals surface area contributed by atoms with Gasteiger partial charge < -0.3 is 11.1 Å². The number of benzene rings is 2. The number of hydrogen-bond donors (Lipinski definition) is 2. The Balaban J connectivity index is 2.11. The second-order valence-electron chi connectivity index (χ2n) is 5.55. The fraction of sp³-hybridized carbons (Fsp3) is 0.0556. The molecule has 1 amide bonds. The van der Waals surface area contributed by atoms with Crippen molar-refractivity contribution in [3.8, 4) is 5.69 Å². The smallest absolute Gasteiger partial charge is 0.273 e. The molecule has 0 bridgehead atoms. The predicted molar refractivity (Wildman–Crippen MR) is 98.3 cm³/mol. The van der Waals surface area contributed by atoms with Gasteiger partial charge in [-0.2, -0.15) is 0 Å². The standard InChI is InChI=1S/C18H14ClFN4O2/c1-10-7-11(20)8-13(19)15(10)24-9-22-16(21)14(18(24)26)17(25)23-12-5-3-2-4-6-12/h2-9H,21H2,1H3,(H,23,25). The number of aryl methyl sites for hydroxylation is 1. The fourth-order valence-electron chi connectivity index (χ4n) is 2.55. The zero-order valence-corrected chi connectivity index (χ0v) is 14.4. The van der Waals surface area contributed by atoms with Crippen molar-refractivity contribution in [1.82, 2.24) is 9.55 Å². The Morgan fingerprint density at radius 2 is 1.96 bits per heavy atom. The van der Waals surface area contributed by atoms with Gasteiger partial charge >= 0.3 is 0 Å². The van der Waals surface area contributed by atoms with Crippen LogP contribution in [-0.4, -0.2) is 15.5 Å². The average molecular weight is 373 g/mol. The summed E-state index contributed by atoms with van der Waals surface area (Å²) in [5.41, 5.74) is 5.87. The van der Waals surface area contributed by atoms with E-state index in [0.29, 0.717) is 11.3 Å². The molecule has 6 nitrogen and oxygen atoms in total. The van der Waals surface area contributed by atoms with Crippen molar-refractivity contribution in [2.24, 2.45) is 0 Å². The molecule has 1 heterocycles. The van der Waals surface area contributed by atoms with E-state index >= 15 is 0 Å². The van der Waals surface area contributed by atoms with Gasteiger partial charge in [0.15, 0.2) is 0 Å². The number of carbonyl (C=O) groups excluding carboxylic acids is 1. The minimum Gasteiger partial charge on any atom is -0.383 e. The molecule has 0 saturated carbocycles. The normalized spacial score (nSPS) is 10.6. The summed E-state index contributed by atoms with van der Waals surface area (Å²) < 4.78 is 14.5. The SMILES string of the molecule is Cc1cc(F)cc(Cl)c1-n1cnc(N)c(C(=O)Nc2ccccc2)c1=O. The second-order valence-corrected chi connectivity index (χ2v) is 5.96. The molecule has 0 saturated heterocycles. The van der Waals surface area contributed by atoms with Crippen molar-refractivity contribution < 1.29 is 9.18 Å². The van der Waals surface area contributed by atoms with Crippen LogP contribution in [0, 0.1) is 12.7 Å². The molecule has 0 aliphatic carbocycles. The zero-order valence-electron chi connectivity index (χ0n) is 13.7. The van der Waals surface area contributed by atoms with Gasteiger partial charge in [-0.3, -0.25) is 14.2 Å². The van der Waals surface area contributed by atoms with Gasteiger partial charge in [-0.05, 0) is 36.8 Å². The Hall–Kier alpha value is -3.19. The number of hydrogen-bond acceptors (Lipinski definition) is 4. The van der Waals surface area contributed by atoms with E-state index in [0.717, 1.165) is 17.0 Å². The molecule has 3 rings (SSSR count). The van der Waals surface area contributed by atoms with Gasteiger partial charge in [-0.1, -0.05) is 29.8 Å². The van der Waals surface area contributed by atoms with Gasteiger partial charge in [0.2, 0.25) is 0 Å². The number of halogens is 2. The number of para-hydroxylation sites is 1. The van der Waals surface area contributed by atoms with Crippen molar-refractivity contribution in [3.63, 3.8) is 0 Å². The van der Waals surface area contributed by atoms with E-state index in [9.17, 15) is 14.0 Å². The molecular formula is C18H14ClFN4O2. The first-order chi connectivity index (χ1) is 12.4. The number of amides is 1.